The summed E-state index contributed by atoms with van der Waals surface area (Å²) in [5.74, 6) is -5.40. The van der Waals surface area contributed by atoms with E-state index >= 15 is 0 Å². The summed E-state index contributed by atoms with van der Waals surface area (Å²) in [7, 11) is 2.13. The number of carbonyl (C=O) groups excluding carboxylic acids is 8. The van der Waals surface area contributed by atoms with Gasteiger partial charge in [0.05, 0.1) is 26.4 Å². The van der Waals surface area contributed by atoms with Gasteiger partial charge in [-0.1, -0.05) is 21.6 Å². The van der Waals surface area contributed by atoms with Crippen LogP contribution in [0.4, 0.5) is 0 Å². The van der Waals surface area contributed by atoms with Crippen molar-refractivity contribution in [3.8, 4) is 0 Å². The molecule has 8 N–H and O–H groups in total. The van der Waals surface area contributed by atoms with E-state index in [1.165, 1.54) is 0 Å². The number of ether oxygens (including phenoxy) is 4. The molecule has 0 rings (SSSR count). The fourth-order valence-corrected chi connectivity index (χ4v) is 5.76. The van der Waals surface area contributed by atoms with Crippen LogP contribution in [-0.2, 0) is 57.3 Å². The zero-order valence-corrected chi connectivity index (χ0v) is 29.3. The van der Waals surface area contributed by atoms with E-state index in [0.29, 0.717) is 0 Å². The molecule has 4 amide bonds. The summed E-state index contributed by atoms with van der Waals surface area (Å²) in [4.78, 5) is 97.9. The Hall–Kier alpha value is -3.62. The van der Waals surface area contributed by atoms with E-state index in [4.69, 9.17) is 30.4 Å². The van der Waals surface area contributed by atoms with Crippen LogP contribution in [0.5, 0.6) is 0 Å². The third-order valence-corrected chi connectivity index (χ3v) is 8.25. The number of nitrogens with two attached hydrogens (primary N) is 2. The van der Waals surface area contributed by atoms with Gasteiger partial charge >= 0.3 is 23.9 Å². The molecule has 0 aromatic rings. The molecule has 0 aliphatic heterocycles. The van der Waals surface area contributed by atoms with Crippen molar-refractivity contribution in [2.45, 2.75) is 77.5 Å². The van der Waals surface area contributed by atoms with Crippen molar-refractivity contribution in [2.24, 2.45) is 11.5 Å². The topological polar surface area (TPSA) is 274 Å². The highest BCUT2D eigenvalue weighted by atomic mass is 33.1. The van der Waals surface area contributed by atoms with Crippen LogP contribution in [0.2, 0.25) is 0 Å². The number of amides is 4. The molecule has 0 spiro atoms. The minimum atomic E-state index is -1.15. The number of carbonyl (C=O) groups is 8. The lowest BCUT2D eigenvalue weighted by Crippen LogP contribution is -2.50. The average Bonchev–Trinajstić information content (AvgIpc) is 3.04. The summed E-state index contributed by atoms with van der Waals surface area (Å²) in [5.41, 5.74) is 11.5. The van der Waals surface area contributed by atoms with E-state index in [0.717, 1.165) is 21.6 Å². The van der Waals surface area contributed by atoms with Crippen molar-refractivity contribution in [3.63, 3.8) is 0 Å². The van der Waals surface area contributed by atoms with Gasteiger partial charge in [-0.05, 0) is 40.5 Å². The zero-order valence-electron chi connectivity index (χ0n) is 27.7. The van der Waals surface area contributed by atoms with Crippen LogP contribution in [0.25, 0.3) is 0 Å². The van der Waals surface area contributed by atoms with E-state index in [1.54, 1.807) is 27.7 Å². The maximum atomic E-state index is 12.9. The molecule has 0 aromatic carbocycles. The predicted octanol–water partition coefficient (Wildman–Crippen LogP) is -1.96. The van der Waals surface area contributed by atoms with Crippen molar-refractivity contribution in [1.82, 2.24) is 21.3 Å². The number of nitrogens with one attached hydrogen (secondary N) is 4. The van der Waals surface area contributed by atoms with Crippen molar-refractivity contribution in [3.05, 3.63) is 0 Å². The van der Waals surface area contributed by atoms with Crippen molar-refractivity contribution in [2.75, 3.05) is 51.0 Å². The monoisotopic (exact) mass is 724 g/mol. The quantitative estimate of drug-likeness (QED) is 0.0258. The van der Waals surface area contributed by atoms with Crippen LogP contribution in [-0.4, -0.2) is 123 Å². The minimum Gasteiger partial charge on any atom is -0.465 e. The van der Waals surface area contributed by atoms with E-state index < -0.39 is 84.8 Å². The van der Waals surface area contributed by atoms with Crippen molar-refractivity contribution < 1.29 is 57.3 Å². The maximum absolute atomic E-state index is 12.9. The highest BCUT2D eigenvalue weighted by Crippen LogP contribution is 2.23. The number of rotatable bonds is 25. The summed E-state index contributed by atoms with van der Waals surface area (Å²) in [6, 6.07) is -4.39. The Morgan fingerprint density at radius 3 is 1.21 bits per heavy atom. The van der Waals surface area contributed by atoms with Crippen LogP contribution in [0.15, 0.2) is 0 Å². The van der Waals surface area contributed by atoms with E-state index in [-0.39, 0.29) is 63.6 Å². The predicted molar refractivity (Wildman–Crippen MR) is 176 cm³/mol. The van der Waals surface area contributed by atoms with Gasteiger partial charge in [-0.15, -0.1) is 0 Å². The number of hydrogen-bond donors (Lipinski definition) is 6. The van der Waals surface area contributed by atoms with Crippen LogP contribution in [0, 0.1) is 0 Å². The first-order valence-electron chi connectivity index (χ1n) is 15.3. The Labute approximate surface area is 287 Å². The lowest BCUT2D eigenvalue weighted by atomic mass is 10.1. The maximum Gasteiger partial charge on any atom is 0.325 e. The fraction of sp³-hybridized carbons (Fsp3) is 0.714. The molecule has 0 aliphatic carbocycles. The molecule has 0 heterocycles. The second kappa shape index (κ2) is 26.3. The standard InChI is InChI=1S/C28H48N6O12S2/c1-5-43-23(37)13-31-25(39)19(33-21(35)11-9-17(29)27(41)45-7-3)15-47-48-16-20(26(40)32-14-24(38)44-6-2)34-22(36)12-10-18(30)28(42)46-8-4/h17-20H,5-16,29-30H2,1-4H3,(H,31,39)(H,32,40)(H,33,35)(H,34,36)/t17-,18-,19-,20-/m0/s1. The Kier molecular flexibility index (Phi) is 24.4. The molecule has 0 fully saturated rings. The molecule has 4 atom stereocenters. The van der Waals surface area contributed by atoms with Gasteiger partial charge in [-0.3, -0.25) is 38.4 Å². The largest absolute Gasteiger partial charge is 0.465 e. The van der Waals surface area contributed by atoms with Crippen LogP contribution in [0.1, 0.15) is 53.4 Å². The van der Waals surface area contributed by atoms with Crippen molar-refractivity contribution >= 4 is 69.1 Å². The summed E-state index contributed by atoms with van der Waals surface area (Å²) in [6.07, 6.45) is -0.491. The van der Waals surface area contributed by atoms with Gasteiger partial charge in [0.15, 0.2) is 0 Å². The minimum absolute atomic E-state index is 0.0449. The molecule has 20 heteroatoms. The third-order valence-electron chi connectivity index (χ3n) is 5.82. The van der Waals surface area contributed by atoms with Gasteiger partial charge in [-0.2, -0.15) is 0 Å². The zero-order chi connectivity index (χ0) is 36.5. The Balaban J connectivity index is 5.43. The van der Waals surface area contributed by atoms with Gasteiger partial charge < -0.3 is 51.7 Å². The summed E-state index contributed by atoms with van der Waals surface area (Å²) >= 11 is 0. The number of esters is 4. The molecule has 0 saturated heterocycles. The molecule has 274 valence electrons. The Morgan fingerprint density at radius 1 is 0.562 bits per heavy atom. The second-order valence-electron chi connectivity index (χ2n) is 9.65. The molecule has 0 aromatic heterocycles. The lowest BCUT2D eigenvalue weighted by molar-refractivity contribution is -0.146. The van der Waals surface area contributed by atoms with E-state index in [2.05, 4.69) is 21.3 Å². The average molecular weight is 725 g/mol. The first kappa shape index (κ1) is 44.4. The smallest absolute Gasteiger partial charge is 0.325 e. The molecular formula is C28H48N6O12S2. The van der Waals surface area contributed by atoms with Crippen LogP contribution >= 0.6 is 21.6 Å². The molecule has 48 heavy (non-hydrogen) atoms. The van der Waals surface area contributed by atoms with Crippen LogP contribution in [0.3, 0.4) is 0 Å². The molecular weight excluding hydrogens is 676 g/mol. The fourth-order valence-electron chi connectivity index (χ4n) is 3.43. The first-order chi connectivity index (χ1) is 22.8. The van der Waals surface area contributed by atoms with E-state index in [9.17, 15) is 38.4 Å². The van der Waals surface area contributed by atoms with Gasteiger partial charge in [0, 0.05) is 24.3 Å². The molecule has 0 unspecified atom stereocenters. The highest BCUT2D eigenvalue weighted by molar-refractivity contribution is 8.76. The van der Waals surface area contributed by atoms with Crippen LogP contribution < -0.4 is 32.7 Å². The first-order valence-corrected chi connectivity index (χ1v) is 17.8. The molecule has 0 aliphatic rings. The molecule has 18 nitrogen and oxygen atoms in total. The van der Waals surface area contributed by atoms with Gasteiger partial charge in [0.1, 0.15) is 37.3 Å². The summed E-state index contributed by atoms with van der Waals surface area (Å²) in [5, 5.41) is 9.84. The third kappa shape index (κ3) is 20.6. The SMILES string of the molecule is CCOC(=O)CNC(=O)[C@H](CSSC[C@H](NC(=O)CC[C@H](N)C(=O)OCC)C(=O)NCC(=O)OCC)NC(=O)CC[C@H](N)C(=O)OCC. The highest BCUT2D eigenvalue weighted by Gasteiger charge is 2.26. The second-order valence-corrected chi connectivity index (χ2v) is 12.2. The lowest BCUT2D eigenvalue weighted by Gasteiger charge is -2.20. The van der Waals surface area contributed by atoms with Gasteiger partial charge in [0.2, 0.25) is 23.6 Å². The Bertz CT molecular complexity index is 1000. The molecule has 0 bridgehead atoms. The summed E-state index contributed by atoms with van der Waals surface area (Å²) < 4.78 is 19.2. The summed E-state index contributed by atoms with van der Waals surface area (Å²) in [6.45, 7) is 5.99. The molecule has 0 radical (unpaired) electrons. The number of hydrogen-bond acceptors (Lipinski definition) is 16. The van der Waals surface area contributed by atoms with Crippen molar-refractivity contribution in [1.29, 1.82) is 0 Å². The normalized spacial score (nSPS) is 13.0. The van der Waals surface area contributed by atoms with E-state index in [1.807, 2.05) is 0 Å². The van der Waals surface area contributed by atoms with Gasteiger partial charge in [-0.25, -0.2) is 0 Å². The molecule has 0 saturated carbocycles. The Morgan fingerprint density at radius 2 is 0.896 bits per heavy atom. The van der Waals surface area contributed by atoms with Gasteiger partial charge in [0.25, 0.3) is 0 Å².